The fourth-order valence-corrected chi connectivity index (χ4v) is 3.56. The lowest BCUT2D eigenvalue weighted by Crippen LogP contribution is -2.17. The molecule has 2 aromatic rings. The molecular formula is C16H17BrOS. The molecule has 1 heterocycles. The number of carbonyl (C=O) groups is 1. The number of hydrogen-bond acceptors (Lipinski definition) is 2. The van der Waals surface area contributed by atoms with Gasteiger partial charge in [-0.25, -0.2) is 0 Å². The lowest BCUT2D eigenvalue weighted by atomic mass is 9.82. The molecule has 0 saturated carbocycles. The SMILES string of the molecule is CC(C)(C)c1ccccc1C(=O)Cc1ccc(Br)s1. The molecule has 0 aliphatic carbocycles. The largest absolute Gasteiger partial charge is 0.294 e. The normalized spacial score (nSPS) is 11.6. The van der Waals surface area contributed by atoms with Gasteiger partial charge in [-0.3, -0.25) is 4.79 Å². The van der Waals surface area contributed by atoms with E-state index >= 15 is 0 Å². The summed E-state index contributed by atoms with van der Waals surface area (Å²) in [5.41, 5.74) is 1.96. The van der Waals surface area contributed by atoms with Crippen LogP contribution in [0.1, 0.15) is 41.6 Å². The van der Waals surface area contributed by atoms with Crippen molar-refractivity contribution < 1.29 is 4.79 Å². The first kappa shape index (κ1) is 14.5. The number of hydrogen-bond donors (Lipinski definition) is 0. The van der Waals surface area contributed by atoms with Crippen LogP contribution in [-0.2, 0) is 11.8 Å². The Bertz CT molecular complexity index is 593. The quantitative estimate of drug-likeness (QED) is 0.701. The number of thiophene rings is 1. The van der Waals surface area contributed by atoms with E-state index in [0.29, 0.717) is 6.42 Å². The second-order valence-corrected chi connectivity index (χ2v) is 8.15. The number of carbonyl (C=O) groups excluding carboxylic acids is 1. The van der Waals surface area contributed by atoms with Crippen LogP contribution in [0.5, 0.6) is 0 Å². The highest BCUT2D eigenvalue weighted by Gasteiger charge is 2.21. The minimum Gasteiger partial charge on any atom is -0.294 e. The van der Waals surface area contributed by atoms with Crippen molar-refractivity contribution in [2.75, 3.05) is 0 Å². The number of ketones is 1. The summed E-state index contributed by atoms with van der Waals surface area (Å²) >= 11 is 5.05. The van der Waals surface area contributed by atoms with Crippen molar-refractivity contribution in [1.82, 2.24) is 0 Å². The van der Waals surface area contributed by atoms with E-state index in [1.54, 1.807) is 11.3 Å². The summed E-state index contributed by atoms with van der Waals surface area (Å²) in [6, 6.07) is 11.9. The van der Waals surface area contributed by atoms with Gasteiger partial charge >= 0.3 is 0 Å². The van der Waals surface area contributed by atoms with E-state index in [1.807, 2.05) is 30.3 Å². The van der Waals surface area contributed by atoms with Crippen molar-refractivity contribution in [3.8, 4) is 0 Å². The highest BCUT2D eigenvalue weighted by molar-refractivity contribution is 9.11. The maximum absolute atomic E-state index is 12.5. The monoisotopic (exact) mass is 336 g/mol. The van der Waals surface area contributed by atoms with Gasteiger partial charge in [-0.05, 0) is 39.0 Å². The van der Waals surface area contributed by atoms with E-state index in [4.69, 9.17) is 0 Å². The van der Waals surface area contributed by atoms with Crippen molar-refractivity contribution in [2.24, 2.45) is 0 Å². The molecule has 100 valence electrons. The average Bonchev–Trinajstić information content (AvgIpc) is 2.73. The first-order chi connectivity index (χ1) is 8.88. The molecule has 3 heteroatoms. The lowest BCUT2D eigenvalue weighted by Gasteiger charge is -2.22. The molecule has 0 saturated heterocycles. The molecule has 0 radical (unpaired) electrons. The third kappa shape index (κ3) is 3.54. The zero-order chi connectivity index (χ0) is 14.0. The fraction of sp³-hybridized carbons (Fsp3) is 0.312. The first-order valence-electron chi connectivity index (χ1n) is 6.25. The Balaban J connectivity index is 2.29. The summed E-state index contributed by atoms with van der Waals surface area (Å²) < 4.78 is 1.07. The molecule has 0 unspecified atom stereocenters. The topological polar surface area (TPSA) is 17.1 Å². The van der Waals surface area contributed by atoms with Crippen LogP contribution in [0.15, 0.2) is 40.2 Å². The second kappa shape index (κ2) is 5.59. The third-order valence-electron chi connectivity index (χ3n) is 3.00. The number of halogens is 1. The van der Waals surface area contributed by atoms with Gasteiger partial charge in [0.25, 0.3) is 0 Å². The molecule has 0 spiro atoms. The van der Waals surface area contributed by atoms with Crippen molar-refractivity contribution >= 4 is 33.0 Å². The maximum atomic E-state index is 12.5. The van der Waals surface area contributed by atoms with Gasteiger partial charge in [-0.1, -0.05) is 45.0 Å². The van der Waals surface area contributed by atoms with E-state index in [1.165, 1.54) is 0 Å². The molecular weight excluding hydrogens is 320 g/mol. The van der Waals surface area contributed by atoms with Crippen LogP contribution < -0.4 is 0 Å². The summed E-state index contributed by atoms with van der Waals surface area (Å²) in [7, 11) is 0. The van der Waals surface area contributed by atoms with Crippen molar-refractivity contribution in [3.05, 3.63) is 56.2 Å². The van der Waals surface area contributed by atoms with Gasteiger partial charge < -0.3 is 0 Å². The van der Waals surface area contributed by atoms with Crippen molar-refractivity contribution in [1.29, 1.82) is 0 Å². The number of rotatable bonds is 3. The molecule has 0 fully saturated rings. The van der Waals surface area contributed by atoms with Crippen LogP contribution in [0, 0.1) is 0 Å². The molecule has 0 amide bonds. The van der Waals surface area contributed by atoms with Gasteiger partial charge in [0, 0.05) is 16.9 Å². The summed E-state index contributed by atoms with van der Waals surface area (Å²) in [6.07, 6.45) is 0.476. The van der Waals surface area contributed by atoms with Crippen molar-refractivity contribution in [2.45, 2.75) is 32.6 Å². The first-order valence-corrected chi connectivity index (χ1v) is 7.86. The summed E-state index contributed by atoms with van der Waals surface area (Å²) in [5.74, 6) is 0.194. The van der Waals surface area contributed by atoms with Crippen LogP contribution in [-0.4, -0.2) is 5.78 Å². The fourth-order valence-electron chi connectivity index (χ4n) is 2.08. The van der Waals surface area contributed by atoms with Gasteiger partial charge in [0.05, 0.1) is 3.79 Å². The molecule has 0 N–H and O–H groups in total. The minimum atomic E-state index is -0.0116. The highest BCUT2D eigenvalue weighted by Crippen LogP contribution is 2.28. The van der Waals surface area contributed by atoms with Crippen molar-refractivity contribution in [3.63, 3.8) is 0 Å². The van der Waals surface area contributed by atoms with E-state index in [0.717, 1.165) is 19.8 Å². The zero-order valence-electron chi connectivity index (χ0n) is 11.4. The predicted molar refractivity (Wildman–Crippen MR) is 85.2 cm³/mol. The number of benzene rings is 1. The Morgan fingerprint density at radius 2 is 1.84 bits per heavy atom. The van der Waals surface area contributed by atoms with E-state index < -0.39 is 0 Å². The zero-order valence-corrected chi connectivity index (χ0v) is 13.8. The van der Waals surface area contributed by atoms with Crippen LogP contribution in [0.4, 0.5) is 0 Å². The Kier molecular flexibility index (Phi) is 4.26. The van der Waals surface area contributed by atoms with E-state index in [2.05, 4.69) is 42.8 Å². The van der Waals surface area contributed by atoms with Crippen LogP contribution in [0.3, 0.4) is 0 Å². The molecule has 0 aliphatic rings. The molecule has 1 nitrogen and oxygen atoms in total. The Hall–Kier alpha value is -0.930. The molecule has 1 aromatic carbocycles. The van der Waals surface area contributed by atoms with Gasteiger partial charge in [0.15, 0.2) is 5.78 Å². The average molecular weight is 337 g/mol. The maximum Gasteiger partial charge on any atom is 0.168 e. The lowest BCUT2D eigenvalue weighted by molar-refractivity contribution is 0.0991. The minimum absolute atomic E-state index is 0.0116. The smallest absolute Gasteiger partial charge is 0.168 e. The summed E-state index contributed by atoms with van der Waals surface area (Å²) in [5, 5.41) is 0. The van der Waals surface area contributed by atoms with Crippen LogP contribution in [0.25, 0.3) is 0 Å². The number of Topliss-reactive ketones (excluding diaryl/α,β-unsaturated/α-hetero) is 1. The Morgan fingerprint density at radius 1 is 1.16 bits per heavy atom. The van der Waals surface area contributed by atoms with Gasteiger partial charge in [-0.2, -0.15) is 0 Å². The third-order valence-corrected chi connectivity index (χ3v) is 4.62. The van der Waals surface area contributed by atoms with Gasteiger partial charge in [0.2, 0.25) is 0 Å². The molecule has 1 aromatic heterocycles. The van der Waals surface area contributed by atoms with Crippen LogP contribution in [0.2, 0.25) is 0 Å². The van der Waals surface area contributed by atoms with Gasteiger partial charge in [0.1, 0.15) is 0 Å². The molecule has 0 atom stereocenters. The second-order valence-electron chi connectivity index (χ2n) is 5.60. The Morgan fingerprint density at radius 3 is 2.42 bits per heavy atom. The van der Waals surface area contributed by atoms with E-state index in [-0.39, 0.29) is 11.2 Å². The molecule has 0 aliphatic heterocycles. The van der Waals surface area contributed by atoms with Gasteiger partial charge in [-0.15, -0.1) is 11.3 Å². The standard InChI is InChI=1S/C16H17BrOS/c1-16(2,3)13-7-5-4-6-12(13)14(18)10-11-8-9-15(17)19-11/h4-9H,10H2,1-3H3. The predicted octanol–water partition coefficient (Wildman–Crippen LogP) is 5.23. The summed E-state index contributed by atoms with van der Waals surface area (Å²) in [6.45, 7) is 6.42. The molecule has 19 heavy (non-hydrogen) atoms. The molecule has 2 rings (SSSR count). The van der Waals surface area contributed by atoms with Crippen LogP contribution >= 0.6 is 27.3 Å². The summed E-state index contributed by atoms with van der Waals surface area (Å²) in [4.78, 5) is 13.6. The highest BCUT2D eigenvalue weighted by atomic mass is 79.9. The molecule has 0 bridgehead atoms. The van der Waals surface area contributed by atoms with E-state index in [9.17, 15) is 4.79 Å². The Labute approximate surface area is 126 Å².